The van der Waals surface area contributed by atoms with Crippen molar-refractivity contribution in [3.63, 3.8) is 0 Å². The Balaban J connectivity index is 1.49. The first kappa shape index (κ1) is 19.4. The molecule has 0 spiro atoms. The molecule has 150 valence electrons. The van der Waals surface area contributed by atoms with Gasteiger partial charge in [0, 0.05) is 43.8 Å². The number of carbonyl (C=O) groups is 1. The van der Waals surface area contributed by atoms with E-state index in [1.165, 1.54) is 23.2 Å². The third-order valence-corrected chi connectivity index (χ3v) is 6.61. The number of ether oxygens (including phenoxy) is 1. The second kappa shape index (κ2) is 9.07. The van der Waals surface area contributed by atoms with Crippen molar-refractivity contribution < 1.29 is 9.53 Å². The van der Waals surface area contributed by atoms with E-state index < -0.39 is 0 Å². The summed E-state index contributed by atoms with van der Waals surface area (Å²) in [6.07, 6.45) is 2.79. The maximum Gasteiger partial charge on any atom is 0.225 e. The molecule has 6 heteroatoms. The van der Waals surface area contributed by atoms with Crippen molar-refractivity contribution >= 4 is 22.9 Å². The van der Waals surface area contributed by atoms with Crippen molar-refractivity contribution in [2.45, 2.75) is 25.3 Å². The van der Waals surface area contributed by atoms with Gasteiger partial charge in [-0.2, -0.15) is 0 Å². The van der Waals surface area contributed by atoms with E-state index in [1.807, 2.05) is 17.5 Å². The number of nitrogens with one attached hydrogen (secondary N) is 1. The zero-order chi connectivity index (χ0) is 19.3. The quantitative estimate of drug-likeness (QED) is 0.811. The molecule has 0 saturated carbocycles. The summed E-state index contributed by atoms with van der Waals surface area (Å²) < 4.78 is 5.55. The predicted molar refractivity (Wildman–Crippen MR) is 114 cm³/mol. The van der Waals surface area contributed by atoms with Crippen LogP contribution in [0.4, 0.5) is 5.69 Å². The van der Waals surface area contributed by atoms with Gasteiger partial charge in [0.05, 0.1) is 25.7 Å². The van der Waals surface area contributed by atoms with Crippen LogP contribution in [0.25, 0.3) is 0 Å². The first-order valence-electron chi connectivity index (χ1n) is 10.2. The maximum atomic E-state index is 12.5. The number of anilines is 1. The van der Waals surface area contributed by atoms with Crippen molar-refractivity contribution in [1.29, 1.82) is 0 Å². The lowest BCUT2D eigenvalue weighted by Crippen LogP contribution is -2.44. The van der Waals surface area contributed by atoms with Crippen LogP contribution in [0.2, 0.25) is 0 Å². The third kappa shape index (κ3) is 4.57. The van der Waals surface area contributed by atoms with E-state index in [4.69, 9.17) is 4.74 Å². The zero-order valence-corrected chi connectivity index (χ0v) is 17.3. The molecule has 2 aliphatic rings. The number of aryl methyl sites for hydroxylation is 1. The molecule has 1 amide bonds. The number of carbonyl (C=O) groups excluding carboxylic acids is 1. The van der Waals surface area contributed by atoms with Crippen LogP contribution in [0.15, 0.2) is 35.7 Å². The van der Waals surface area contributed by atoms with Gasteiger partial charge in [-0.1, -0.05) is 18.2 Å². The van der Waals surface area contributed by atoms with Crippen molar-refractivity contribution in [2.75, 3.05) is 51.3 Å². The van der Waals surface area contributed by atoms with Gasteiger partial charge in [0.15, 0.2) is 0 Å². The fourth-order valence-electron chi connectivity index (χ4n) is 4.20. The first-order valence-corrected chi connectivity index (χ1v) is 11.0. The molecule has 1 saturated heterocycles. The Morgan fingerprint density at radius 3 is 2.89 bits per heavy atom. The highest BCUT2D eigenvalue weighted by Gasteiger charge is 2.25. The highest BCUT2D eigenvalue weighted by molar-refractivity contribution is 7.10. The van der Waals surface area contributed by atoms with Crippen LogP contribution < -0.4 is 10.2 Å². The van der Waals surface area contributed by atoms with Crippen molar-refractivity contribution in [2.24, 2.45) is 0 Å². The number of fused-ring (bicyclic) bond motifs is 1. The van der Waals surface area contributed by atoms with Gasteiger partial charge in [0.25, 0.3) is 0 Å². The van der Waals surface area contributed by atoms with Crippen molar-refractivity contribution in [1.82, 2.24) is 10.2 Å². The smallest absolute Gasteiger partial charge is 0.225 e. The summed E-state index contributed by atoms with van der Waals surface area (Å²) in [4.78, 5) is 18.3. The summed E-state index contributed by atoms with van der Waals surface area (Å²) in [7, 11) is 2.17. The Kier molecular flexibility index (Phi) is 6.29. The molecular weight excluding hydrogens is 370 g/mol. The van der Waals surface area contributed by atoms with Gasteiger partial charge >= 0.3 is 0 Å². The standard InChI is InChI=1S/C22H29N3O2S/c1-24-8-2-4-17-14-18(6-7-20(17)24)21(25-9-11-27-12-10-25)16-23-22(26)15-19-5-3-13-28-19/h3,5-7,13-14,21H,2,4,8-12,15-16H2,1H3,(H,23,26). The molecule has 1 fully saturated rings. The average Bonchev–Trinajstić information content (AvgIpc) is 3.22. The van der Waals surface area contributed by atoms with E-state index in [0.29, 0.717) is 13.0 Å². The molecule has 5 nitrogen and oxygen atoms in total. The topological polar surface area (TPSA) is 44.8 Å². The molecule has 1 aromatic heterocycles. The lowest BCUT2D eigenvalue weighted by molar-refractivity contribution is -0.120. The molecule has 1 atom stereocenters. The van der Waals surface area contributed by atoms with E-state index in [9.17, 15) is 4.79 Å². The van der Waals surface area contributed by atoms with Gasteiger partial charge in [-0.25, -0.2) is 0 Å². The fraction of sp³-hybridized carbons (Fsp3) is 0.500. The van der Waals surface area contributed by atoms with E-state index in [-0.39, 0.29) is 11.9 Å². The fourth-order valence-corrected chi connectivity index (χ4v) is 4.91. The van der Waals surface area contributed by atoms with Gasteiger partial charge in [0.1, 0.15) is 0 Å². The molecule has 2 aliphatic heterocycles. The molecule has 1 unspecified atom stereocenters. The molecule has 3 heterocycles. The molecule has 0 bridgehead atoms. The predicted octanol–water partition coefficient (Wildman–Crippen LogP) is 2.86. The van der Waals surface area contributed by atoms with Crippen LogP contribution in [-0.2, 0) is 22.4 Å². The molecule has 4 rings (SSSR count). The number of amides is 1. The van der Waals surface area contributed by atoms with E-state index in [2.05, 4.69) is 40.4 Å². The maximum absolute atomic E-state index is 12.5. The number of nitrogens with zero attached hydrogens (tertiary/aromatic N) is 2. The average molecular weight is 400 g/mol. The van der Waals surface area contributed by atoms with Crippen LogP contribution in [0.3, 0.4) is 0 Å². The van der Waals surface area contributed by atoms with Crippen molar-refractivity contribution in [3.8, 4) is 0 Å². The molecule has 1 N–H and O–H groups in total. The lowest BCUT2D eigenvalue weighted by atomic mass is 9.95. The summed E-state index contributed by atoms with van der Waals surface area (Å²) in [5.41, 5.74) is 4.07. The van der Waals surface area contributed by atoms with Crippen molar-refractivity contribution in [3.05, 3.63) is 51.7 Å². The Morgan fingerprint density at radius 1 is 1.25 bits per heavy atom. The number of hydrogen-bond acceptors (Lipinski definition) is 5. The highest BCUT2D eigenvalue weighted by Crippen LogP contribution is 2.31. The van der Waals surface area contributed by atoms with Gasteiger partial charge < -0.3 is 15.0 Å². The second-order valence-corrected chi connectivity index (χ2v) is 8.67. The molecular formula is C22H29N3O2S. The number of thiophene rings is 1. The Morgan fingerprint density at radius 2 is 2.11 bits per heavy atom. The molecule has 0 radical (unpaired) electrons. The lowest BCUT2D eigenvalue weighted by Gasteiger charge is -2.36. The second-order valence-electron chi connectivity index (χ2n) is 7.64. The Labute approximate surface area is 171 Å². The van der Waals surface area contributed by atoms with Gasteiger partial charge in [-0.3, -0.25) is 9.69 Å². The highest BCUT2D eigenvalue weighted by atomic mass is 32.1. The zero-order valence-electron chi connectivity index (χ0n) is 16.5. The van der Waals surface area contributed by atoms with E-state index in [1.54, 1.807) is 11.3 Å². The summed E-state index contributed by atoms with van der Waals surface area (Å²) in [6, 6.07) is 11.1. The monoisotopic (exact) mass is 399 g/mol. The number of morpholine rings is 1. The SMILES string of the molecule is CN1CCCc2cc(C(CNC(=O)Cc3cccs3)N3CCOCC3)ccc21. The summed E-state index contributed by atoms with van der Waals surface area (Å²) in [5, 5.41) is 5.20. The summed E-state index contributed by atoms with van der Waals surface area (Å²) >= 11 is 1.63. The normalized spacial score (nSPS) is 18.5. The molecule has 1 aromatic carbocycles. The minimum Gasteiger partial charge on any atom is -0.379 e. The van der Waals surface area contributed by atoms with Crippen LogP contribution in [0.1, 0.15) is 28.5 Å². The van der Waals surface area contributed by atoms with Gasteiger partial charge in [0.2, 0.25) is 5.91 Å². The third-order valence-electron chi connectivity index (χ3n) is 5.73. The van der Waals surface area contributed by atoms with Gasteiger partial charge in [-0.15, -0.1) is 11.3 Å². The van der Waals surface area contributed by atoms with E-state index >= 15 is 0 Å². The minimum absolute atomic E-state index is 0.0957. The largest absolute Gasteiger partial charge is 0.379 e. The molecule has 2 aromatic rings. The molecule has 0 aliphatic carbocycles. The van der Waals surface area contributed by atoms with Gasteiger partial charge in [-0.05, 0) is 41.5 Å². The Bertz CT molecular complexity index is 787. The number of benzene rings is 1. The number of rotatable bonds is 6. The summed E-state index contributed by atoms with van der Waals surface area (Å²) in [5.74, 6) is 0.0957. The van der Waals surface area contributed by atoms with Crippen LogP contribution in [-0.4, -0.2) is 57.2 Å². The molecule has 28 heavy (non-hydrogen) atoms. The number of hydrogen-bond donors (Lipinski definition) is 1. The Hall–Kier alpha value is -1.89. The van der Waals surface area contributed by atoms with Crippen LogP contribution in [0, 0.1) is 0 Å². The summed E-state index contributed by atoms with van der Waals surface area (Å²) in [6.45, 7) is 5.09. The van der Waals surface area contributed by atoms with Crippen LogP contribution >= 0.6 is 11.3 Å². The van der Waals surface area contributed by atoms with Crippen LogP contribution in [0.5, 0.6) is 0 Å². The first-order chi connectivity index (χ1) is 13.7. The van der Waals surface area contributed by atoms with E-state index in [0.717, 1.165) is 44.1 Å². The minimum atomic E-state index is 0.0957.